The van der Waals surface area contributed by atoms with Crippen LogP contribution < -0.4 is 11.1 Å². The van der Waals surface area contributed by atoms with Gasteiger partial charge in [-0.2, -0.15) is 0 Å². The molecule has 0 amide bonds. The molecular formula is C14H22IN3OS. The van der Waals surface area contributed by atoms with Gasteiger partial charge in [-0.05, 0) is 36.5 Å². The Kier molecular flexibility index (Phi) is 7.50. The lowest BCUT2D eigenvalue weighted by atomic mass is 9.85. The quantitative estimate of drug-likeness (QED) is 0.447. The maximum absolute atomic E-state index is 11.3. The third-order valence-electron chi connectivity index (χ3n) is 3.48. The Labute approximate surface area is 140 Å². The predicted octanol–water partition coefficient (Wildman–Crippen LogP) is 2.25. The first-order valence-corrected chi connectivity index (χ1v) is 8.17. The Hall–Kier alpha value is -0.630. The number of nitrogens with zero attached hydrogens (tertiary/aromatic N) is 1. The molecule has 1 aromatic carbocycles. The Bertz CT molecular complexity index is 472. The monoisotopic (exact) mass is 407 g/mol. The number of guanidine groups is 1. The van der Waals surface area contributed by atoms with Crippen molar-refractivity contribution in [2.24, 2.45) is 16.6 Å². The summed E-state index contributed by atoms with van der Waals surface area (Å²) in [5.74, 6) is 1.28. The second kappa shape index (κ2) is 8.61. The SMILES string of the molecule is CS(=O)c1ccc(CN=C(N)NCC2CCC2)cc1.I. The van der Waals surface area contributed by atoms with Crippen LogP contribution in [0.5, 0.6) is 0 Å². The number of nitrogens with one attached hydrogen (secondary N) is 1. The highest BCUT2D eigenvalue weighted by Crippen LogP contribution is 2.24. The predicted molar refractivity (Wildman–Crippen MR) is 94.9 cm³/mol. The van der Waals surface area contributed by atoms with E-state index in [9.17, 15) is 4.21 Å². The van der Waals surface area contributed by atoms with Gasteiger partial charge in [-0.15, -0.1) is 24.0 Å². The second-order valence-corrected chi connectivity index (χ2v) is 6.36. The van der Waals surface area contributed by atoms with Crippen LogP contribution >= 0.6 is 24.0 Å². The van der Waals surface area contributed by atoms with Crippen molar-refractivity contribution in [2.45, 2.75) is 30.7 Å². The van der Waals surface area contributed by atoms with Gasteiger partial charge < -0.3 is 11.1 Å². The first-order chi connectivity index (χ1) is 9.15. The van der Waals surface area contributed by atoms with Crippen LogP contribution in [0.1, 0.15) is 24.8 Å². The normalized spacial score (nSPS) is 16.9. The fourth-order valence-electron chi connectivity index (χ4n) is 1.96. The van der Waals surface area contributed by atoms with Crippen molar-refractivity contribution in [3.8, 4) is 0 Å². The van der Waals surface area contributed by atoms with E-state index >= 15 is 0 Å². The van der Waals surface area contributed by atoms with Crippen LogP contribution in [0.15, 0.2) is 34.2 Å². The zero-order chi connectivity index (χ0) is 13.7. The summed E-state index contributed by atoms with van der Waals surface area (Å²) in [4.78, 5) is 5.14. The van der Waals surface area contributed by atoms with Gasteiger partial charge in [-0.3, -0.25) is 4.21 Å². The summed E-state index contributed by atoms with van der Waals surface area (Å²) in [6, 6.07) is 7.64. The molecule has 1 unspecified atom stereocenters. The molecule has 1 aliphatic carbocycles. The molecule has 0 aromatic heterocycles. The van der Waals surface area contributed by atoms with Gasteiger partial charge in [0.2, 0.25) is 0 Å². The van der Waals surface area contributed by atoms with Crippen molar-refractivity contribution in [1.82, 2.24) is 5.32 Å². The largest absolute Gasteiger partial charge is 0.370 e. The van der Waals surface area contributed by atoms with Gasteiger partial charge in [0.1, 0.15) is 0 Å². The number of hydrogen-bond donors (Lipinski definition) is 2. The Morgan fingerprint density at radius 2 is 2.05 bits per heavy atom. The molecular weight excluding hydrogens is 385 g/mol. The summed E-state index contributed by atoms with van der Waals surface area (Å²) in [5, 5.41) is 3.16. The van der Waals surface area contributed by atoms with Crippen molar-refractivity contribution < 1.29 is 4.21 Å². The Morgan fingerprint density at radius 1 is 1.40 bits per heavy atom. The second-order valence-electron chi connectivity index (χ2n) is 4.98. The smallest absolute Gasteiger partial charge is 0.188 e. The first-order valence-electron chi connectivity index (χ1n) is 6.61. The highest BCUT2D eigenvalue weighted by atomic mass is 127. The molecule has 1 aromatic rings. The maximum Gasteiger partial charge on any atom is 0.188 e. The Morgan fingerprint density at radius 3 is 2.55 bits per heavy atom. The van der Waals surface area contributed by atoms with Crippen LogP contribution in [0.3, 0.4) is 0 Å². The van der Waals surface area contributed by atoms with Crippen molar-refractivity contribution in [1.29, 1.82) is 0 Å². The lowest BCUT2D eigenvalue weighted by molar-refractivity contribution is 0.315. The molecule has 6 heteroatoms. The van der Waals surface area contributed by atoms with Gasteiger partial charge in [-0.1, -0.05) is 18.6 Å². The minimum Gasteiger partial charge on any atom is -0.370 e. The van der Waals surface area contributed by atoms with Crippen LogP contribution in [0.2, 0.25) is 0 Å². The van der Waals surface area contributed by atoms with Gasteiger partial charge in [0.05, 0.1) is 6.54 Å². The van der Waals surface area contributed by atoms with Crippen LogP contribution in [0, 0.1) is 5.92 Å². The van der Waals surface area contributed by atoms with Crippen LogP contribution in [-0.4, -0.2) is 23.0 Å². The topological polar surface area (TPSA) is 67.5 Å². The van der Waals surface area contributed by atoms with Crippen LogP contribution in [0.4, 0.5) is 0 Å². The number of benzene rings is 1. The minimum atomic E-state index is -0.926. The van der Waals surface area contributed by atoms with E-state index < -0.39 is 10.8 Å². The van der Waals surface area contributed by atoms with E-state index in [4.69, 9.17) is 5.73 Å². The van der Waals surface area contributed by atoms with Gasteiger partial charge in [0, 0.05) is 28.5 Å². The molecule has 0 aliphatic heterocycles. The molecule has 2 rings (SSSR count). The zero-order valence-electron chi connectivity index (χ0n) is 11.7. The third-order valence-corrected chi connectivity index (χ3v) is 4.42. The molecule has 4 nitrogen and oxygen atoms in total. The highest BCUT2D eigenvalue weighted by Gasteiger charge is 2.16. The number of halogens is 1. The van der Waals surface area contributed by atoms with Crippen molar-refractivity contribution in [2.75, 3.05) is 12.8 Å². The fraction of sp³-hybridized carbons (Fsp3) is 0.500. The molecule has 0 spiro atoms. The minimum absolute atomic E-state index is 0. The van der Waals surface area contributed by atoms with Crippen molar-refractivity contribution in [3.63, 3.8) is 0 Å². The molecule has 0 saturated heterocycles. The summed E-state index contributed by atoms with van der Waals surface area (Å²) in [6.45, 7) is 1.49. The molecule has 1 atom stereocenters. The molecule has 1 saturated carbocycles. The molecule has 0 heterocycles. The van der Waals surface area contributed by atoms with Gasteiger partial charge in [-0.25, -0.2) is 4.99 Å². The standard InChI is InChI=1S/C14H21N3OS.HI/c1-19(18)13-7-5-12(6-8-13)10-17-14(15)16-9-11-3-2-4-11;/h5-8,11H,2-4,9-10H2,1H3,(H3,15,16,17);1H. The van der Waals surface area contributed by atoms with E-state index in [0.717, 1.165) is 22.9 Å². The molecule has 3 N–H and O–H groups in total. The van der Waals surface area contributed by atoms with E-state index in [0.29, 0.717) is 12.5 Å². The summed E-state index contributed by atoms with van der Waals surface area (Å²) in [7, 11) is -0.926. The summed E-state index contributed by atoms with van der Waals surface area (Å²) >= 11 is 0. The molecule has 1 fully saturated rings. The summed E-state index contributed by atoms with van der Waals surface area (Å²) in [5.41, 5.74) is 6.89. The Balaban J connectivity index is 0.00000200. The molecule has 0 bridgehead atoms. The average molecular weight is 407 g/mol. The lowest BCUT2D eigenvalue weighted by Crippen LogP contribution is -2.37. The molecule has 1 aliphatic rings. The highest BCUT2D eigenvalue weighted by molar-refractivity contribution is 14.0. The van der Waals surface area contributed by atoms with Gasteiger partial charge in [0.25, 0.3) is 0 Å². The van der Waals surface area contributed by atoms with E-state index in [1.807, 2.05) is 24.3 Å². The van der Waals surface area contributed by atoms with Gasteiger partial charge >= 0.3 is 0 Å². The summed E-state index contributed by atoms with van der Waals surface area (Å²) in [6.07, 6.45) is 5.62. The lowest BCUT2D eigenvalue weighted by Gasteiger charge is -2.25. The van der Waals surface area contributed by atoms with Crippen molar-refractivity contribution >= 4 is 40.7 Å². The number of rotatable bonds is 5. The summed E-state index contributed by atoms with van der Waals surface area (Å²) < 4.78 is 11.3. The molecule has 0 radical (unpaired) electrons. The van der Waals surface area contributed by atoms with E-state index in [1.54, 1.807) is 6.26 Å². The van der Waals surface area contributed by atoms with Crippen LogP contribution in [-0.2, 0) is 17.3 Å². The van der Waals surface area contributed by atoms with E-state index in [1.165, 1.54) is 19.3 Å². The van der Waals surface area contributed by atoms with E-state index in [-0.39, 0.29) is 24.0 Å². The average Bonchev–Trinajstić information content (AvgIpc) is 2.35. The van der Waals surface area contributed by atoms with E-state index in [2.05, 4.69) is 10.3 Å². The zero-order valence-corrected chi connectivity index (χ0v) is 14.8. The van der Waals surface area contributed by atoms with Gasteiger partial charge in [0.15, 0.2) is 5.96 Å². The molecule has 20 heavy (non-hydrogen) atoms. The van der Waals surface area contributed by atoms with Crippen LogP contribution in [0.25, 0.3) is 0 Å². The number of nitrogens with two attached hydrogens (primary N) is 1. The maximum atomic E-state index is 11.3. The first kappa shape index (κ1) is 17.4. The third kappa shape index (κ3) is 5.40. The fourth-order valence-corrected chi connectivity index (χ4v) is 2.48. The number of aliphatic imine (C=N–C) groups is 1. The number of hydrogen-bond acceptors (Lipinski definition) is 2. The van der Waals surface area contributed by atoms with Crippen molar-refractivity contribution in [3.05, 3.63) is 29.8 Å². The molecule has 112 valence electrons.